The van der Waals surface area contributed by atoms with Crippen molar-refractivity contribution >= 4 is 52.0 Å². The van der Waals surface area contributed by atoms with Crippen LogP contribution in [0.2, 0.25) is 4.34 Å². The van der Waals surface area contributed by atoms with Crippen LogP contribution in [0, 0.1) is 5.92 Å². The van der Waals surface area contributed by atoms with Gasteiger partial charge < -0.3 is 25.6 Å². The second-order valence-corrected chi connectivity index (χ2v) is 10.4. The van der Waals surface area contributed by atoms with Gasteiger partial charge in [-0.2, -0.15) is 0 Å². The Balaban J connectivity index is 1.45. The third-order valence-electron chi connectivity index (χ3n) is 6.26. The molecule has 194 valence electrons. The van der Waals surface area contributed by atoms with Gasteiger partial charge in [0.25, 0.3) is 18.2 Å². The Morgan fingerprint density at radius 1 is 1.22 bits per heavy atom. The third-order valence-corrected chi connectivity index (χ3v) is 7.49. The van der Waals surface area contributed by atoms with Crippen LogP contribution in [0.3, 0.4) is 0 Å². The van der Waals surface area contributed by atoms with Crippen molar-refractivity contribution < 1.29 is 27.9 Å². The maximum Gasteiger partial charge on any atom is 0.265 e. The van der Waals surface area contributed by atoms with Crippen molar-refractivity contribution in [2.75, 3.05) is 43.1 Å². The van der Waals surface area contributed by atoms with E-state index >= 15 is 0 Å². The number of ether oxygens (including phenoxy) is 1. The van der Waals surface area contributed by atoms with Gasteiger partial charge in [0.2, 0.25) is 5.91 Å². The minimum atomic E-state index is -2.85. The highest BCUT2D eigenvalue weighted by molar-refractivity contribution is 7.18. The van der Waals surface area contributed by atoms with Crippen LogP contribution in [0.15, 0.2) is 30.3 Å². The van der Waals surface area contributed by atoms with E-state index in [-0.39, 0.29) is 49.1 Å². The van der Waals surface area contributed by atoms with Crippen LogP contribution >= 0.6 is 22.9 Å². The first-order valence-corrected chi connectivity index (χ1v) is 12.9. The Labute approximate surface area is 216 Å². The van der Waals surface area contributed by atoms with Gasteiger partial charge in [0, 0.05) is 24.3 Å². The molecule has 1 aliphatic carbocycles. The molecule has 1 aliphatic heterocycles. The van der Waals surface area contributed by atoms with Crippen molar-refractivity contribution in [3.8, 4) is 0 Å². The zero-order valence-electron chi connectivity index (χ0n) is 19.4. The van der Waals surface area contributed by atoms with Gasteiger partial charge in [0.05, 0.1) is 21.5 Å². The first-order chi connectivity index (χ1) is 17.3. The number of thiophene rings is 1. The summed E-state index contributed by atoms with van der Waals surface area (Å²) in [6.45, 7) is 0.879. The summed E-state index contributed by atoms with van der Waals surface area (Å²) in [5.41, 5.74) is -0.0886. The van der Waals surface area contributed by atoms with Crippen LogP contribution in [-0.4, -0.2) is 56.6 Å². The van der Waals surface area contributed by atoms with E-state index in [1.807, 2.05) is 0 Å². The first kappa shape index (κ1) is 26.5. The molecule has 36 heavy (non-hydrogen) atoms. The summed E-state index contributed by atoms with van der Waals surface area (Å²) in [6.07, 6.45) is 0.437. The Hall–Kier alpha value is -2.60. The van der Waals surface area contributed by atoms with Crippen LogP contribution in [0.4, 0.5) is 20.2 Å². The molecule has 2 aromatic rings. The van der Waals surface area contributed by atoms with Crippen molar-refractivity contribution in [3.05, 3.63) is 45.1 Å². The van der Waals surface area contributed by atoms with Gasteiger partial charge in [-0.3, -0.25) is 14.4 Å². The number of nitrogens with zero attached hydrogens (tertiary/aromatic N) is 1. The van der Waals surface area contributed by atoms with Crippen LogP contribution in [0.25, 0.3) is 0 Å². The van der Waals surface area contributed by atoms with Gasteiger partial charge in [-0.15, -0.1) is 11.3 Å². The predicted octanol–water partition coefficient (Wildman–Crippen LogP) is 3.83. The molecule has 2 heterocycles. The van der Waals surface area contributed by atoms with E-state index in [4.69, 9.17) is 16.3 Å². The number of carbonyl (C=O) groups is 3. The number of carbonyl (C=O) groups excluding carboxylic acids is 3. The van der Waals surface area contributed by atoms with Crippen LogP contribution in [0.1, 0.15) is 40.9 Å². The second-order valence-electron chi connectivity index (χ2n) is 8.73. The van der Waals surface area contributed by atoms with E-state index in [0.29, 0.717) is 21.7 Å². The molecule has 2 aliphatic rings. The fourth-order valence-corrected chi connectivity index (χ4v) is 5.00. The van der Waals surface area contributed by atoms with Crippen LogP contribution < -0.4 is 20.9 Å². The minimum absolute atomic E-state index is 0.00890. The molecule has 4 rings (SSSR count). The summed E-state index contributed by atoms with van der Waals surface area (Å²) >= 11 is 7.03. The number of halogens is 3. The standard InChI is InChI=1S/C24H27ClF2N4O4S/c25-20-7-6-19(36-20)24(34)29-12-17(28-11-14-2-1-3-14)23(33)30-15-4-5-18(16(10-15)22(26)27)31-8-9-35-13-21(31)32/h4-7,10,14,17,22,28H,1-3,8-9,11-13H2,(H,29,34)(H,30,33)/t17-/m1/s1. The van der Waals surface area contributed by atoms with Crippen molar-refractivity contribution in [1.29, 1.82) is 0 Å². The lowest BCUT2D eigenvalue weighted by molar-refractivity contribution is -0.125. The fraction of sp³-hybridized carbons (Fsp3) is 0.458. The number of alkyl halides is 2. The summed E-state index contributed by atoms with van der Waals surface area (Å²) in [7, 11) is 0. The summed E-state index contributed by atoms with van der Waals surface area (Å²) < 4.78 is 33.3. The molecule has 0 spiro atoms. The molecule has 12 heteroatoms. The third kappa shape index (κ3) is 6.58. The molecule has 0 unspecified atom stereocenters. The lowest BCUT2D eigenvalue weighted by Crippen LogP contribution is -2.50. The Bertz CT molecular complexity index is 1110. The van der Waals surface area contributed by atoms with Gasteiger partial charge in [-0.25, -0.2) is 8.78 Å². The largest absolute Gasteiger partial charge is 0.370 e. The van der Waals surface area contributed by atoms with E-state index in [1.165, 1.54) is 23.1 Å². The van der Waals surface area contributed by atoms with E-state index < -0.39 is 24.3 Å². The first-order valence-electron chi connectivity index (χ1n) is 11.7. The Morgan fingerprint density at radius 2 is 2.03 bits per heavy atom. The number of hydrogen-bond donors (Lipinski definition) is 3. The maximum atomic E-state index is 13.9. The molecule has 3 N–H and O–H groups in total. The van der Waals surface area contributed by atoms with Gasteiger partial charge in [-0.05, 0) is 55.6 Å². The van der Waals surface area contributed by atoms with Crippen LogP contribution in [0.5, 0.6) is 0 Å². The lowest BCUT2D eigenvalue weighted by Gasteiger charge is -2.29. The molecule has 8 nitrogen and oxygen atoms in total. The summed E-state index contributed by atoms with van der Waals surface area (Å²) in [6, 6.07) is 6.51. The average molecular weight is 541 g/mol. The number of morpholine rings is 1. The number of hydrogen-bond acceptors (Lipinski definition) is 6. The van der Waals surface area contributed by atoms with Crippen LogP contribution in [-0.2, 0) is 14.3 Å². The fourth-order valence-electron chi connectivity index (χ4n) is 4.04. The molecule has 1 atom stereocenters. The highest BCUT2D eigenvalue weighted by Gasteiger charge is 2.27. The lowest BCUT2D eigenvalue weighted by atomic mass is 9.85. The molecule has 1 saturated heterocycles. The quantitative estimate of drug-likeness (QED) is 0.425. The molecule has 1 aromatic heterocycles. The van der Waals surface area contributed by atoms with Crippen molar-refractivity contribution in [3.63, 3.8) is 0 Å². The zero-order chi connectivity index (χ0) is 25.7. The number of rotatable bonds is 10. The molecule has 1 aromatic carbocycles. The summed E-state index contributed by atoms with van der Waals surface area (Å²) in [5, 5.41) is 8.61. The van der Waals surface area contributed by atoms with E-state index in [2.05, 4.69) is 16.0 Å². The van der Waals surface area contributed by atoms with Gasteiger partial charge in [0.15, 0.2) is 0 Å². The van der Waals surface area contributed by atoms with E-state index in [9.17, 15) is 23.2 Å². The second kappa shape index (κ2) is 12.1. The van der Waals surface area contributed by atoms with Gasteiger partial charge in [-0.1, -0.05) is 18.0 Å². The van der Waals surface area contributed by atoms with Crippen molar-refractivity contribution in [2.45, 2.75) is 31.7 Å². The number of nitrogens with one attached hydrogen (secondary N) is 3. The summed E-state index contributed by atoms with van der Waals surface area (Å²) in [5.74, 6) is -0.755. The SMILES string of the molecule is O=C(NC[C@@H](NCC1CCC1)C(=O)Nc1ccc(N2CCOCC2=O)c(C(F)F)c1)c1ccc(Cl)s1. The van der Waals surface area contributed by atoms with E-state index in [0.717, 1.165) is 30.6 Å². The topological polar surface area (TPSA) is 99.8 Å². The molecule has 1 saturated carbocycles. The normalized spacial score (nSPS) is 17.1. The average Bonchev–Trinajstić information content (AvgIpc) is 3.26. The Kier molecular flexibility index (Phi) is 8.89. The molecule has 0 radical (unpaired) electrons. The highest BCUT2D eigenvalue weighted by Crippen LogP contribution is 2.33. The molecular weight excluding hydrogens is 514 g/mol. The van der Waals surface area contributed by atoms with Gasteiger partial charge >= 0.3 is 0 Å². The minimum Gasteiger partial charge on any atom is -0.370 e. The summed E-state index contributed by atoms with van der Waals surface area (Å²) in [4.78, 5) is 39.4. The smallest absolute Gasteiger partial charge is 0.265 e. The Morgan fingerprint density at radius 3 is 2.67 bits per heavy atom. The zero-order valence-corrected chi connectivity index (χ0v) is 21.0. The molecule has 0 bridgehead atoms. The van der Waals surface area contributed by atoms with Crippen molar-refractivity contribution in [2.24, 2.45) is 5.92 Å². The monoisotopic (exact) mass is 540 g/mol. The number of amides is 3. The maximum absolute atomic E-state index is 13.9. The highest BCUT2D eigenvalue weighted by atomic mass is 35.5. The predicted molar refractivity (Wildman–Crippen MR) is 134 cm³/mol. The number of benzene rings is 1. The molecular formula is C24H27ClF2N4O4S. The molecule has 3 amide bonds. The van der Waals surface area contributed by atoms with Gasteiger partial charge in [0.1, 0.15) is 12.6 Å². The van der Waals surface area contributed by atoms with E-state index in [1.54, 1.807) is 12.1 Å². The molecule has 2 fully saturated rings. The van der Waals surface area contributed by atoms with Crippen molar-refractivity contribution in [1.82, 2.24) is 10.6 Å². The number of anilines is 2.